The van der Waals surface area contributed by atoms with E-state index in [9.17, 15) is 9.59 Å². The van der Waals surface area contributed by atoms with E-state index >= 15 is 0 Å². The maximum Gasteiger partial charge on any atom is 0.293 e. The van der Waals surface area contributed by atoms with E-state index in [1.807, 2.05) is 48.5 Å². The first-order chi connectivity index (χ1) is 13.5. The molecule has 0 atom stereocenters. The van der Waals surface area contributed by atoms with Gasteiger partial charge in [0.1, 0.15) is 0 Å². The van der Waals surface area contributed by atoms with E-state index in [1.165, 1.54) is 4.90 Å². The minimum Gasteiger partial charge on any atom is -0.344 e. The van der Waals surface area contributed by atoms with E-state index in [4.69, 9.17) is 0 Å². The molecule has 2 aromatic carbocycles. The van der Waals surface area contributed by atoms with E-state index in [2.05, 4.69) is 36.7 Å². The number of rotatable bonds is 5. The van der Waals surface area contributed by atoms with Crippen LogP contribution in [0.25, 0.3) is 17.0 Å². The summed E-state index contributed by atoms with van der Waals surface area (Å²) < 4.78 is 2.20. The first-order valence-electron chi connectivity index (χ1n) is 9.43. The van der Waals surface area contributed by atoms with Gasteiger partial charge in [0.05, 0.1) is 4.91 Å². The second-order valence-corrected chi connectivity index (χ2v) is 8.16. The van der Waals surface area contributed by atoms with Crippen LogP contribution in [-0.4, -0.2) is 27.2 Å². The number of hydrogen-bond acceptors (Lipinski definition) is 3. The zero-order chi connectivity index (χ0) is 19.7. The van der Waals surface area contributed by atoms with Crippen LogP contribution in [0.3, 0.4) is 0 Å². The first kappa shape index (κ1) is 18.6. The fourth-order valence-electron chi connectivity index (χ4n) is 3.49. The highest BCUT2D eigenvalue weighted by Gasteiger charge is 2.34. The lowest BCUT2D eigenvalue weighted by atomic mass is 10.1. The number of carbonyl (C=O) groups is 2. The van der Waals surface area contributed by atoms with Crippen LogP contribution in [-0.2, 0) is 11.2 Å². The molecule has 0 bridgehead atoms. The standard InChI is InChI=1S/C23H22N2O2S/c1-16(2)25-15-18(19-10-6-7-11-20(19)25)14-21-22(26)24(23(27)28-21)13-12-17-8-4-3-5-9-17/h3-11,14-16H,12-13H2,1-2H3/b21-14+. The second kappa shape index (κ2) is 7.68. The van der Waals surface area contributed by atoms with Crippen LogP contribution in [0.4, 0.5) is 4.79 Å². The highest BCUT2D eigenvalue weighted by Crippen LogP contribution is 2.34. The number of thioether (sulfide) groups is 1. The minimum atomic E-state index is -0.202. The lowest BCUT2D eigenvalue weighted by Gasteiger charge is -2.12. The predicted molar refractivity (Wildman–Crippen MR) is 115 cm³/mol. The van der Waals surface area contributed by atoms with E-state index in [0.29, 0.717) is 23.9 Å². The van der Waals surface area contributed by atoms with Crippen molar-refractivity contribution in [2.75, 3.05) is 6.54 Å². The zero-order valence-electron chi connectivity index (χ0n) is 16.0. The highest BCUT2D eigenvalue weighted by molar-refractivity contribution is 8.18. The van der Waals surface area contributed by atoms with Crippen molar-refractivity contribution in [1.82, 2.24) is 9.47 Å². The van der Waals surface area contributed by atoms with Crippen LogP contribution < -0.4 is 0 Å². The van der Waals surface area contributed by atoms with Gasteiger partial charge in [0.15, 0.2) is 0 Å². The summed E-state index contributed by atoms with van der Waals surface area (Å²) in [7, 11) is 0. The van der Waals surface area contributed by atoms with Gasteiger partial charge in [0.25, 0.3) is 11.1 Å². The predicted octanol–water partition coefficient (Wildman–Crippen LogP) is 5.50. The third-order valence-electron chi connectivity index (χ3n) is 4.95. The molecule has 4 nitrogen and oxygen atoms in total. The lowest BCUT2D eigenvalue weighted by molar-refractivity contribution is -0.122. The molecule has 0 aliphatic carbocycles. The molecule has 1 saturated heterocycles. The van der Waals surface area contributed by atoms with E-state index in [-0.39, 0.29) is 11.1 Å². The van der Waals surface area contributed by atoms with Crippen molar-refractivity contribution in [2.45, 2.75) is 26.3 Å². The van der Waals surface area contributed by atoms with Crippen LogP contribution in [0.5, 0.6) is 0 Å². The molecule has 0 N–H and O–H groups in total. The van der Waals surface area contributed by atoms with Crippen molar-refractivity contribution in [3.05, 3.63) is 76.8 Å². The van der Waals surface area contributed by atoms with Gasteiger partial charge in [-0.05, 0) is 49.7 Å². The molecule has 2 amide bonds. The Hall–Kier alpha value is -2.79. The van der Waals surface area contributed by atoms with Crippen LogP contribution >= 0.6 is 11.8 Å². The van der Waals surface area contributed by atoms with Gasteiger partial charge in [-0.25, -0.2) is 0 Å². The molecule has 0 spiro atoms. The van der Waals surface area contributed by atoms with Crippen LogP contribution in [0, 0.1) is 0 Å². The molecule has 1 aliphatic heterocycles. The molecular formula is C23H22N2O2S. The third kappa shape index (κ3) is 3.50. The van der Waals surface area contributed by atoms with Gasteiger partial charge in [-0.1, -0.05) is 48.5 Å². The number of imide groups is 1. The molecule has 2 heterocycles. The van der Waals surface area contributed by atoms with E-state index in [0.717, 1.165) is 33.8 Å². The van der Waals surface area contributed by atoms with Gasteiger partial charge >= 0.3 is 0 Å². The number of aromatic nitrogens is 1. The normalized spacial score (nSPS) is 16.1. The van der Waals surface area contributed by atoms with Crippen molar-refractivity contribution in [2.24, 2.45) is 0 Å². The summed E-state index contributed by atoms with van der Waals surface area (Å²) in [5.41, 5.74) is 3.22. The Morgan fingerprint density at radius 1 is 1.00 bits per heavy atom. The van der Waals surface area contributed by atoms with Gasteiger partial charge in [-0.15, -0.1) is 0 Å². The molecular weight excluding hydrogens is 368 g/mol. The molecule has 1 aromatic heterocycles. The van der Waals surface area contributed by atoms with Crippen molar-refractivity contribution in [1.29, 1.82) is 0 Å². The van der Waals surface area contributed by atoms with Crippen LogP contribution in [0.1, 0.15) is 31.0 Å². The van der Waals surface area contributed by atoms with Crippen molar-refractivity contribution in [3.8, 4) is 0 Å². The van der Waals surface area contributed by atoms with Crippen molar-refractivity contribution >= 4 is 39.9 Å². The highest BCUT2D eigenvalue weighted by atomic mass is 32.2. The molecule has 142 valence electrons. The quantitative estimate of drug-likeness (QED) is 0.540. The monoisotopic (exact) mass is 390 g/mol. The topological polar surface area (TPSA) is 42.3 Å². The summed E-state index contributed by atoms with van der Waals surface area (Å²) in [6, 6.07) is 18.4. The minimum absolute atomic E-state index is 0.195. The Balaban J connectivity index is 1.60. The SMILES string of the molecule is CC(C)n1cc(/C=C2/SC(=O)N(CCc3ccccc3)C2=O)c2ccccc21. The molecule has 1 fully saturated rings. The summed E-state index contributed by atoms with van der Waals surface area (Å²) in [6.45, 7) is 4.67. The van der Waals surface area contributed by atoms with Gasteiger partial charge in [-0.2, -0.15) is 0 Å². The molecule has 28 heavy (non-hydrogen) atoms. The number of benzene rings is 2. The Morgan fingerprint density at radius 3 is 2.46 bits per heavy atom. The Labute approximate surface area is 168 Å². The van der Waals surface area contributed by atoms with E-state index < -0.39 is 0 Å². The number of para-hydroxylation sites is 1. The van der Waals surface area contributed by atoms with Gasteiger partial charge in [0, 0.05) is 35.2 Å². The average Bonchev–Trinajstić information content (AvgIpc) is 3.19. The Kier molecular flexibility index (Phi) is 5.09. The zero-order valence-corrected chi connectivity index (χ0v) is 16.8. The van der Waals surface area contributed by atoms with Gasteiger partial charge in [-0.3, -0.25) is 14.5 Å². The average molecular weight is 391 g/mol. The van der Waals surface area contributed by atoms with Crippen LogP contribution in [0.2, 0.25) is 0 Å². The molecule has 0 saturated carbocycles. The molecule has 5 heteroatoms. The second-order valence-electron chi connectivity index (χ2n) is 7.17. The fraction of sp³-hybridized carbons (Fsp3) is 0.217. The molecule has 3 aromatic rings. The number of amides is 2. The maximum absolute atomic E-state index is 12.8. The summed E-state index contributed by atoms with van der Waals surface area (Å²) in [4.78, 5) is 27.1. The summed E-state index contributed by atoms with van der Waals surface area (Å²) in [6.07, 6.45) is 4.58. The van der Waals surface area contributed by atoms with E-state index in [1.54, 1.807) is 0 Å². The lowest BCUT2D eigenvalue weighted by Crippen LogP contribution is -2.30. The number of hydrogen-bond donors (Lipinski definition) is 0. The first-order valence-corrected chi connectivity index (χ1v) is 10.2. The van der Waals surface area contributed by atoms with Crippen LogP contribution in [0.15, 0.2) is 65.7 Å². The third-order valence-corrected chi connectivity index (χ3v) is 5.86. The van der Waals surface area contributed by atoms with Crippen molar-refractivity contribution < 1.29 is 9.59 Å². The van der Waals surface area contributed by atoms with Gasteiger partial charge in [0.2, 0.25) is 0 Å². The Morgan fingerprint density at radius 2 is 1.71 bits per heavy atom. The molecule has 0 radical (unpaired) electrons. The summed E-state index contributed by atoms with van der Waals surface area (Å²) >= 11 is 1.03. The number of nitrogens with zero attached hydrogens (tertiary/aromatic N) is 2. The summed E-state index contributed by atoms with van der Waals surface area (Å²) in [5, 5.41) is 0.895. The maximum atomic E-state index is 12.8. The van der Waals surface area contributed by atoms with Crippen molar-refractivity contribution in [3.63, 3.8) is 0 Å². The largest absolute Gasteiger partial charge is 0.344 e. The molecule has 0 unspecified atom stereocenters. The molecule has 4 rings (SSSR count). The Bertz CT molecular complexity index is 1070. The van der Waals surface area contributed by atoms with Gasteiger partial charge < -0.3 is 4.57 Å². The molecule has 1 aliphatic rings. The fourth-order valence-corrected chi connectivity index (χ4v) is 4.35. The smallest absolute Gasteiger partial charge is 0.293 e. The summed E-state index contributed by atoms with van der Waals surface area (Å²) in [5.74, 6) is -0.202. The number of carbonyl (C=O) groups excluding carboxylic acids is 2. The number of fused-ring (bicyclic) bond motifs is 1.